The highest BCUT2D eigenvalue weighted by molar-refractivity contribution is 5.92. The molecule has 2 aromatic carbocycles. The molecule has 0 spiro atoms. The second-order valence-electron chi connectivity index (χ2n) is 8.18. The van der Waals surface area contributed by atoms with Gasteiger partial charge in [0, 0.05) is 44.0 Å². The predicted molar refractivity (Wildman–Crippen MR) is 130 cm³/mol. The number of carbonyl (C=O) groups excluding carboxylic acids is 2. The number of fused-ring (bicyclic) bond motifs is 1. The van der Waals surface area contributed by atoms with Crippen LogP contribution in [0.4, 0.5) is 22.9 Å². The molecule has 1 amide bonds. The van der Waals surface area contributed by atoms with E-state index in [0.717, 1.165) is 17.2 Å². The Morgan fingerprint density at radius 3 is 2.64 bits per heavy atom. The van der Waals surface area contributed by atoms with Crippen LogP contribution in [0.25, 0.3) is 0 Å². The van der Waals surface area contributed by atoms with E-state index in [0.29, 0.717) is 37.4 Å². The van der Waals surface area contributed by atoms with Crippen molar-refractivity contribution in [3.8, 4) is 5.75 Å². The molecule has 170 valence electrons. The molecule has 1 unspecified atom stereocenters. The van der Waals surface area contributed by atoms with E-state index in [9.17, 15) is 9.59 Å². The summed E-state index contributed by atoms with van der Waals surface area (Å²) in [7, 11) is 1.92. The van der Waals surface area contributed by atoms with Crippen molar-refractivity contribution in [1.82, 2.24) is 4.98 Å². The van der Waals surface area contributed by atoms with Gasteiger partial charge in [0.1, 0.15) is 23.5 Å². The summed E-state index contributed by atoms with van der Waals surface area (Å²) in [6.07, 6.45) is 2.20. The molecule has 1 aliphatic rings. The van der Waals surface area contributed by atoms with Crippen LogP contribution in [0, 0.1) is 0 Å². The van der Waals surface area contributed by atoms with Crippen LogP contribution in [0.3, 0.4) is 0 Å². The Bertz CT molecular complexity index is 1110. The molecule has 0 aliphatic carbocycles. The predicted octanol–water partition coefficient (Wildman–Crippen LogP) is 4.42. The Labute approximate surface area is 194 Å². The van der Waals surface area contributed by atoms with E-state index in [4.69, 9.17) is 4.74 Å². The van der Waals surface area contributed by atoms with Gasteiger partial charge < -0.3 is 19.9 Å². The van der Waals surface area contributed by atoms with Crippen LogP contribution in [0.2, 0.25) is 0 Å². The number of hydrogen-bond acceptors (Lipinski definition) is 6. The molecule has 4 rings (SSSR count). The summed E-state index contributed by atoms with van der Waals surface area (Å²) in [5, 5.41) is 2.99. The van der Waals surface area contributed by atoms with Gasteiger partial charge in [-0.3, -0.25) is 9.59 Å². The Hall–Kier alpha value is -3.87. The molecule has 0 fully saturated rings. The van der Waals surface area contributed by atoms with Crippen LogP contribution >= 0.6 is 0 Å². The van der Waals surface area contributed by atoms with Gasteiger partial charge in [-0.2, -0.15) is 0 Å². The van der Waals surface area contributed by atoms with Gasteiger partial charge in [-0.25, -0.2) is 4.98 Å². The second kappa shape index (κ2) is 10.2. The molecule has 7 heteroatoms. The number of nitrogens with zero attached hydrogens (tertiary/aromatic N) is 3. The summed E-state index contributed by atoms with van der Waals surface area (Å²) in [4.78, 5) is 32.7. The number of rotatable bonds is 8. The van der Waals surface area contributed by atoms with E-state index in [2.05, 4.69) is 15.2 Å². The van der Waals surface area contributed by atoms with Crippen molar-refractivity contribution < 1.29 is 14.3 Å². The third-order valence-corrected chi connectivity index (χ3v) is 5.51. The number of para-hydroxylation sites is 1. The minimum atomic E-state index is -0.224. The molecule has 33 heavy (non-hydrogen) atoms. The Morgan fingerprint density at radius 2 is 1.91 bits per heavy atom. The van der Waals surface area contributed by atoms with Crippen LogP contribution < -0.4 is 19.9 Å². The van der Waals surface area contributed by atoms with Crippen LogP contribution in [0.1, 0.15) is 19.8 Å². The minimum Gasteiger partial charge on any atom is -0.486 e. The topological polar surface area (TPSA) is 74.8 Å². The van der Waals surface area contributed by atoms with E-state index in [1.165, 1.54) is 0 Å². The van der Waals surface area contributed by atoms with Gasteiger partial charge in [0.05, 0.1) is 12.2 Å². The van der Waals surface area contributed by atoms with Gasteiger partial charge >= 0.3 is 0 Å². The Morgan fingerprint density at radius 1 is 1.12 bits per heavy atom. The number of carbonyl (C=O) groups is 2. The maximum atomic E-state index is 12.6. The summed E-state index contributed by atoms with van der Waals surface area (Å²) in [6, 6.07) is 21.3. The lowest BCUT2D eigenvalue weighted by Crippen LogP contribution is -2.38. The molecule has 0 radical (unpaired) electrons. The highest BCUT2D eigenvalue weighted by Crippen LogP contribution is 2.40. The number of pyridine rings is 1. The lowest BCUT2D eigenvalue weighted by Gasteiger charge is -2.36. The van der Waals surface area contributed by atoms with Gasteiger partial charge in [-0.15, -0.1) is 0 Å². The minimum absolute atomic E-state index is 0.0739. The number of benzene rings is 2. The van der Waals surface area contributed by atoms with Crippen LogP contribution in [0.5, 0.6) is 5.75 Å². The molecule has 1 aromatic heterocycles. The Balaban J connectivity index is 1.48. The molecular weight excluding hydrogens is 416 g/mol. The molecule has 1 atom stereocenters. The highest BCUT2D eigenvalue weighted by Gasteiger charge is 2.28. The standard InChI is InChI=1S/C26H28N4O3/c1-19(31)16-22-18-30(21-8-4-3-5-9-21)23-17-20(11-12-24(23)33-22)28-26(32)13-15-29(2)25-10-6-7-14-27-25/h3-12,14,17,22H,13,15-16,18H2,1-2H3,(H,28,32). The maximum Gasteiger partial charge on any atom is 0.226 e. The van der Waals surface area contributed by atoms with E-state index >= 15 is 0 Å². The molecule has 0 saturated carbocycles. The molecule has 0 saturated heterocycles. The number of amides is 1. The molecule has 1 N–H and O–H groups in total. The molecule has 0 bridgehead atoms. The average molecular weight is 445 g/mol. The first-order valence-corrected chi connectivity index (χ1v) is 11.0. The monoisotopic (exact) mass is 444 g/mol. The zero-order valence-corrected chi connectivity index (χ0v) is 18.9. The SMILES string of the molecule is CC(=O)CC1CN(c2ccccc2)c2cc(NC(=O)CCN(C)c3ccccn3)ccc2O1. The first-order chi connectivity index (χ1) is 16.0. The second-order valence-corrected chi connectivity index (χ2v) is 8.18. The normalized spacial score (nSPS) is 14.7. The van der Waals surface area contributed by atoms with Crippen molar-refractivity contribution in [3.05, 3.63) is 72.9 Å². The smallest absolute Gasteiger partial charge is 0.226 e. The van der Waals surface area contributed by atoms with Gasteiger partial charge in [-0.05, 0) is 49.4 Å². The van der Waals surface area contributed by atoms with E-state index in [1.807, 2.05) is 78.7 Å². The molecule has 3 aromatic rings. The zero-order valence-electron chi connectivity index (χ0n) is 18.9. The first-order valence-electron chi connectivity index (χ1n) is 11.0. The van der Waals surface area contributed by atoms with Crippen molar-refractivity contribution in [3.63, 3.8) is 0 Å². The average Bonchev–Trinajstić information content (AvgIpc) is 2.83. The fraction of sp³-hybridized carbons (Fsp3) is 0.269. The largest absolute Gasteiger partial charge is 0.486 e. The summed E-state index contributed by atoms with van der Waals surface area (Å²) in [5.41, 5.74) is 2.58. The maximum absolute atomic E-state index is 12.6. The van der Waals surface area contributed by atoms with E-state index in [-0.39, 0.29) is 17.8 Å². The number of hydrogen-bond donors (Lipinski definition) is 1. The Kier molecular flexibility index (Phi) is 6.88. The van der Waals surface area contributed by atoms with E-state index in [1.54, 1.807) is 13.1 Å². The van der Waals surface area contributed by atoms with Crippen molar-refractivity contribution in [2.45, 2.75) is 25.9 Å². The summed E-state index contributed by atoms with van der Waals surface area (Å²) < 4.78 is 6.09. The van der Waals surface area contributed by atoms with Crippen molar-refractivity contribution in [2.24, 2.45) is 0 Å². The van der Waals surface area contributed by atoms with E-state index < -0.39 is 0 Å². The van der Waals surface area contributed by atoms with Gasteiger partial charge in [0.25, 0.3) is 0 Å². The lowest BCUT2D eigenvalue weighted by molar-refractivity contribution is -0.118. The van der Waals surface area contributed by atoms with Gasteiger partial charge in [0.15, 0.2) is 0 Å². The number of ether oxygens (including phenoxy) is 1. The quantitative estimate of drug-likeness (QED) is 0.554. The fourth-order valence-corrected chi connectivity index (χ4v) is 3.89. The van der Waals surface area contributed by atoms with Crippen LogP contribution in [-0.4, -0.2) is 42.9 Å². The van der Waals surface area contributed by atoms with Crippen LogP contribution in [0.15, 0.2) is 72.9 Å². The van der Waals surface area contributed by atoms with Crippen LogP contribution in [-0.2, 0) is 9.59 Å². The van der Waals surface area contributed by atoms with Gasteiger partial charge in [-0.1, -0.05) is 24.3 Å². The summed E-state index contributed by atoms with van der Waals surface area (Å²) in [5.74, 6) is 1.55. The molecule has 7 nitrogen and oxygen atoms in total. The highest BCUT2D eigenvalue weighted by atomic mass is 16.5. The zero-order chi connectivity index (χ0) is 23.2. The van der Waals surface area contributed by atoms with Gasteiger partial charge in [0.2, 0.25) is 5.91 Å². The number of anilines is 4. The van der Waals surface area contributed by atoms with Crippen molar-refractivity contribution in [2.75, 3.05) is 35.3 Å². The molecular formula is C26H28N4O3. The first kappa shape index (κ1) is 22.3. The third kappa shape index (κ3) is 5.68. The van der Waals surface area contributed by atoms with Crippen molar-refractivity contribution in [1.29, 1.82) is 0 Å². The van der Waals surface area contributed by atoms with Crippen molar-refractivity contribution >= 4 is 34.6 Å². The number of nitrogens with one attached hydrogen (secondary N) is 1. The molecule has 1 aliphatic heterocycles. The number of ketones is 1. The lowest BCUT2D eigenvalue weighted by atomic mass is 10.1. The summed E-state index contributed by atoms with van der Waals surface area (Å²) >= 11 is 0. The number of aromatic nitrogens is 1. The fourth-order valence-electron chi connectivity index (χ4n) is 3.89. The third-order valence-electron chi connectivity index (χ3n) is 5.51. The summed E-state index contributed by atoms with van der Waals surface area (Å²) in [6.45, 7) is 2.69. The molecule has 2 heterocycles. The number of Topliss-reactive ketones (excluding diaryl/α,β-unsaturated/α-hetero) is 1.